The van der Waals surface area contributed by atoms with Crippen LogP contribution in [0.15, 0.2) is 0 Å². The Labute approximate surface area is 89.8 Å². The highest BCUT2D eigenvalue weighted by Gasteiger charge is 2.13. The Morgan fingerprint density at radius 1 is 1.71 bits per heavy atom. The molecular formula is C10H17NO2S. The molecule has 0 aromatic heterocycles. The van der Waals surface area contributed by atoms with Gasteiger partial charge in [0.15, 0.2) is 0 Å². The van der Waals surface area contributed by atoms with Crippen LogP contribution in [-0.2, 0) is 9.53 Å². The van der Waals surface area contributed by atoms with E-state index in [4.69, 9.17) is 16.9 Å². The summed E-state index contributed by atoms with van der Waals surface area (Å²) >= 11 is 1.63. The van der Waals surface area contributed by atoms with E-state index in [2.05, 4.69) is 5.92 Å². The van der Waals surface area contributed by atoms with Gasteiger partial charge in [0.2, 0.25) is 0 Å². The molecule has 2 N–H and O–H groups in total. The number of nitrogens with two attached hydrogens (primary N) is 1. The van der Waals surface area contributed by atoms with E-state index >= 15 is 0 Å². The topological polar surface area (TPSA) is 52.3 Å². The lowest BCUT2D eigenvalue weighted by molar-refractivity contribution is -0.144. The predicted octanol–water partition coefficient (Wildman–Crippen LogP) is 1.02. The average Bonchev–Trinajstić information content (AvgIpc) is 2.17. The van der Waals surface area contributed by atoms with E-state index in [1.54, 1.807) is 18.7 Å². The van der Waals surface area contributed by atoms with Crippen molar-refractivity contribution in [3.05, 3.63) is 0 Å². The standard InChI is InChI=1S/C10H17NO2S/c1-3-5-6-7-14-8-9(11)10(12)13-4-2/h1,9H,4-8,11H2,2H3. The van der Waals surface area contributed by atoms with Crippen molar-refractivity contribution in [2.24, 2.45) is 5.73 Å². The molecule has 1 atom stereocenters. The van der Waals surface area contributed by atoms with Crippen molar-refractivity contribution in [1.82, 2.24) is 0 Å². The zero-order valence-corrected chi connectivity index (χ0v) is 9.31. The van der Waals surface area contributed by atoms with Crippen LogP contribution in [0.5, 0.6) is 0 Å². The molecule has 0 fully saturated rings. The van der Waals surface area contributed by atoms with Gasteiger partial charge in [-0.1, -0.05) is 0 Å². The summed E-state index contributed by atoms with van der Waals surface area (Å²) in [5.41, 5.74) is 5.58. The smallest absolute Gasteiger partial charge is 0.323 e. The predicted molar refractivity (Wildman–Crippen MR) is 60.0 cm³/mol. The fourth-order valence-corrected chi connectivity index (χ4v) is 1.71. The Balaban J connectivity index is 3.39. The van der Waals surface area contributed by atoms with E-state index in [9.17, 15) is 4.79 Å². The molecule has 0 rings (SSSR count). The second-order valence-corrected chi connectivity index (χ2v) is 3.89. The van der Waals surface area contributed by atoms with Crippen LogP contribution in [-0.4, -0.2) is 30.1 Å². The molecule has 0 saturated carbocycles. The van der Waals surface area contributed by atoms with E-state index in [1.807, 2.05) is 0 Å². The maximum absolute atomic E-state index is 11.1. The summed E-state index contributed by atoms with van der Waals surface area (Å²) in [5.74, 6) is 3.78. The monoisotopic (exact) mass is 215 g/mol. The summed E-state index contributed by atoms with van der Waals surface area (Å²) in [4.78, 5) is 11.1. The lowest BCUT2D eigenvalue weighted by Crippen LogP contribution is -2.34. The zero-order chi connectivity index (χ0) is 10.8. The Morgan fingerprint density at radius 3 is 3.00 bits per heavy atom. The van der Waals surface area contributed by atoms with E-state index in [0.29, 0.717) is 12.4 Å². The fraction of sp³-hybridized carbons (Fsp3) is 0.700. The van der Waals surface area contributed by atoms with Gasteiger partial charge in [0.25, 0.3) is 0 Å². The molecule has 1 unspecified atom stereocenters. The molecule has 0 aromatic carbocycles. The van der Waals surface area contributed by atoms with Gasteiger partial charge >= 0.3 is 5.97 Å². The van der Waals surface area contributed by atoms with Crippen molar-refractivity contribution in [3.63, 3.8) is 0 Å². The van der Waals surface area contributed by atoms with Crippen LogP contribution in [0.4, 0.5) is 0 Å². The summed E-state index contributed by atoms with van der Waals surface area (Å²) in [7, 11) is 0. The molecule has 80 valence electrons. The van der Waals surface area contributed by atoms with Gasteiger partial charge < -0.3 is 10.5 Å². The quantitative estimate of drug-likeness (QED) is 0.391. The highest BCUT2D eigenvalue weighted by Crippen LogP contribution is 2.06. The third-order valence-electron chi connectivity index (χ3n) is 1.50. The van der Waals surface area contributed by atoms with Crippen LogP contribution in [0.2, 0.25) is 0 Å². The van der Waals surface area contributed by atoms with E-state index < -0.39 is 6.04 Å². The molecule has 0 radical (unpaired) electrons. The van der Waals surface area contributed by atoms with Gasteiger partial charge in [-0.2, -0.15) is 11.8 Å². The molecule has 0 saturated heterocycles. The SMILES string of the molecule is C#CCCCSCC(N)C(=O)OCC. The average molecular weight is 215 g/mol. The summed E-state index contributed by atoms with van der Waals surface area (Å²) in [6.45, 7) is 2.15. The molecule has 3 nitrogen and oxygen atoms in total. The highest BCUT2D eigenvalue weighted by atomic mass is 32.2. The number of carbonyl (C=O) groups is 1. The third kappa shape index (κ3) is 6.81. The molecule has 0 heterocycles. The van der Waals surface area contributed by atoms with Crippen LogP contribution < -0.4 is 5.73 Å². The molecule has 4 heteroatoms. The van der Waals surface area contributed by atoms with E-state index in [0.717, 1.165) is 18.6 Å². The lowest BCUT2D eigenvalue weighted by atomic mass is 10.4. The van der Waals surface area contributed by atoms with Crippen LogP contribution in [0.25, 0.3) is 0 Å². The summed E-state index contributed by atoms with van der Waals surface area (Å²) in [6, 6.07) is -0.509. The number of thioether (sulfide) groups is 1. The minimum atomic E-state index is -0.509. The molecular weight excluding hydrogens is 198 g/mol. The number of hydrogen-bond donors (Lipinski definition) is 1. The van der Waals surface area contributed by atoms with Crippen molar-refractivity contribution in [2.45, 2.75) is 25.8 Å². The summed E-state index contributed by atoms with van der Waals surface area (Å²) in [5, 5.41) is 0. The fourth-order valence-electron chi connectivity index (χ4n) is 0.804. The first-order chi connectivity index (χ1) is 6.72. The molecule has 0 aliphatic heterocycles. The van der Waals surface area contributed by atoms with Gasteiger partial charge in [-0.25, -0.2) is 0 Å². The minimum absolute atomic E-state index is 0.322. The third-order valence-corrected chi connectivity index (χ3v) is 2.67. The number of rotatable bonds is 7. The van der Waals surface area contributed by atoms with Crippen molar-refractivity contribution in [3.8, 4) is 12.3 Å². The Hall–Kier alpha value is -0.660. The van der Waals surface area contributed by atoms with Gasteiger partial charge in [0, 0.05) is 12.2 Å². The first-order valence-corrected chi connectivity index (χ1v) is 5.81. The maximum Gasteiger partial charge on any atom is 0.323 e. The van der Waals surface area contributed by atoms with Crippen LogP contribution in [0.1, 0.15) is 19.8 Å². The largest absolute Gasteiger partial charge is 0.465 e. The van der Waals surface area contributed by atoms with Gasteiger partial charge in [0.05, 0.1) is 6.61 Å². The number of ether oxygens (including phenoxy) is 1. The molecule has 0 amide bonds. The molecule has 0 spiro atoms. The van der Waals surface area contributed by atoms with Gasteiger partial charge in [-0.15, -0.1) is 12.3 Å². The molecule has 14 heavy (non-hydrogen) atoms. The minimum Gasteiger partial charge on any atom is -0.465 e. The van der Waals surface area contributed by atoms with E-state index in [-0.39, 0.29) is 5.97 Å². The zero-order valence-electron chi connectivity index (χ0n) is 8.49. The Bertz CT molecular complexity index is 201. The summed E-state index contributed by atoms with van der Waals surface area (Å²) < 4.78 is 4.77. The normalized spacial score (nSPS) is 11.8. The lowest BCUT2D eigenvalue weighted by Gasteiger charge is -2.09. The van der Waals surface area contributed by atoms with Crippen molar-refractivity contribution >= 4 is 17.7 Å². The van der Waals surface area contributed by atoms with E-state index in [1.165, 1.54) is 0 Å². The van der Waals surface area contributed by atoms with Gasteiger partial charge in [-0.3, -0.25) is 4.79 Å². The van der Waals surface area contributed by atoms with Gasteiger partial charge in [0.1, 0.15) is 6.04 Å². The van der Waals surface area contributed by atoms with Crippen molar-refractivity contribution in [1.29, 1.82) is 0 Å². The second kappa shape index (κ2) is 8.92. The van der Waals surface area contributed by atoms with Crippen LogP contribution in [0.3, 0.4) is 0 Å². The number of unbranched alkanes of at least 4 members (excludes halogenated alkanes) is 1. The Kier molecular flexibility index (Phi) is 8.50. The highest BCUT2D eigenvalue weighted by molar-refractivity contribution is 7.99. The van der Waals surface area contributed by atoms with Gasteiger partial charge in [-0.05, 0) is 19.1 Å². The maximum atomic E-state index is 11.1. The number of terminal acetylenes is 1. The second-order valence-electron chi connectivity index (χ2n) is 2.74. The van der Waals surface area contributed by atoms with Crippen molar-refractivity contribution in [2.75, 3.05) is 18.1 Å². The van der Waals surface area contributed by atoms with Crippen LogP contribution in [0, 0.1) is 12.3 Å². The molecule has 0 bridgehead atoms. The van der Waals surface area contributed by atoms with Crippen molar-refractivity contribution < 1.29 is 9.53 Å². The first kappa shape index (κ1) is 13.3. The first-order valence-electron chi connectivity index (χ1n) is 4.65. The molecule has 0 aromatic rings. The van der Waals surface area contributed by atoms with Crippen LogP contribution >= 0.6 is 11.8 Å². The number of carbonyl (C=O) groups excluding carboxylic acids is 1. The Morgan fingerprint density at radius 2 is 2.43 bits per heavy atom. The number of hydrogen-bond acceptors (Lipinski definition) is 4. The molecule has 0 aliphatic carbocycles. The number of esters is 1. The summed E-state index contributed by atoms with van der Waals surface area (Å²) in [6.07, 6.45) is 6.85. The molecule has 0 aliphatic rings.